The lowest BCUT2D eigenvalue weighted by Gasteiger charge is -2.26. The van der Waals surface area contributed by atoms with Gasteiger partial charge in [-0.05, 0) is 41.5 Å². The third kappa shape index (κ3) is 5.35. The summed E-state index contributed by atoms with van der Waals surface area (Å²) in [6, 6.07) is 12.5. The Kier molecular flexibility index (Phi) is 6.75. The van der Waals surface area contributed by atoms with E-state index in [0.717, 1.165) is 17.2 Å². The van der Waals surface area contributed by atoms with Crippen LogP contribution in [-0.4, -0.2) is 35.6 Å². The predicted molar refractivity (Wildman–Crippen MR) is 105 cm³/mol. The summed E-state index contributed by atoms with van der Waals surface area (Å²) in [6.07, 6.45) is 5.46. The van der Waals surface area contributed by atoms with Crippen molar-refractivity contribution >= 4 is 23.0 Å². The smallest absolute Gasteiger partial charge is 0.169 e. The van der Waals surface area contributed by atoms with E-state index in [1.165, 1.54) is 11.3 Å². The van der Waals surface area contributed by atoms with Crippen molar-refractivity contribution in [2.45, 2.75) is 13.1 Å². The van der Waals surface area contributed by atoms with Crippen LogP contribution in [0, 0.1) is 0 Å². The predicted octanol–water partition coefficient (Wildman–Crippen LogP) is 3.21. The van der Waals surface area contributed by atoms with Crippen LogP contribution >= 0.6 is 12.2 Å². The van der Waals surface area contributed by atoms with Gasteiger partial charge in [-0.15, -0.1) is 6.58 Å². The molecule has 126 valence electrons. The lowest BCUT2D eigenvalue weighted by molar-refractivity contribution is 0.400. The van der Waals surface area contributed by atoms with Crippen molar-refractivity contribution in [2.75, 3.05) is 25.5 Å². The minimum atomic E-state index is 0.655. The van der Waals surface area contributed by atoms with Crippen LogP contribution in [0.15, 0.2) is 61.4 Å². The molecule has 0 amide bonds. The summed E-state index contributed by atoms with van der Waals surface area (Å²) < 4.78 is 0. The Balaban J connectivity index is 2.12. The molecule has 24 heavy (non-hydrogen) atoms. The third-order valence-corrected chi connectivity index (χ3v) is 4.01. The van der Waals surface area contributed by atoms with E-state index >= 15 is 0 Å². The molecule has 1 aromatic carbocycles. The molecule has 0 aliphatic rings. The average Bonchev–Trinajstić information content (AvgIpc) is 2.60. The molecule has 1 aromatic heterocycles. The van der Waals surface area contributed by atoms with Gasteiger partial charge in [-0.25, -0.2) is 0 Å². The number of nitrogens with zero attached hydrogens (tertiary/aromatic N) is 3. The van der Waals surface area contributed by atoms with Crippen LogP contribution in [0.3, 0.4) is 0 Å². The van der Waals surface area contributed by atoms with Gasteiger partial charge in [-0.2, -0.15) is 0 Å². The van der Waals surface area contributed by atoms with Crippen molar-refractivity contribution in [3.63, 3.8) is 0 Å². The first-order valence-electron chi connectivity index (χ1n) is 7.89. The summed E-state index contributed by atoms with van der Waals surface area (Å²) >= 11 is 5.54. The van der Waals surface area contributed by atoms with E-state index in [0.29, 0.717) is 13.1 Å². The van der Waals surface area contributed by atoms with Crippen LogP contribution in [-0.2, 0) is 13.1 Å². The Bertz CT molecular complexity index is 653. The van der Waals surface area contributed by atoms with Gasteiger partial charge >= 0.3 is 0 Å². The first-order chi connectivity index (χ1) is 11.6. The van der Waals surface area contributed by atoms with Crippen molar-refractivity contribution in [2.24, 2.45) is 0 Å². The number of pyridine rings is 1. The molecule has 0 atom stereocenters. The largest absolute Gasteiger partial charge is 0.378 e. The molecule has 2 rings (SSSR count). The Morgan fingerprint density at radius 1 is 1.17 bits per heavy atom. The molecule has 2 aromatic rings. The van der Waals surface area contributed by atoms with E-state index in [2.05, 4.69) is 57.0 Å². The molecule has 0 saturated heterocycles. The van der Waals surface area contributed by atoms with Gasteiger partial charge in [-0.1, -0.05) is 24.3 Å². The molecule has 0 fully saturated rings. The zero-order valence-corrected chi connectivity index (χ0v) is 15.1. The second-order valence-corrected chi connectivity index (χ2v) is 6.14. The number of aromatic nitrogens is 1. The highest BCUT2D eigenvalue weighted by Crippen LogP contribution is 2.15. The number of nitrogens with one attached hydrogen (secondary N) is 1. The highest BCUT2D eigenvalue weighted by molar-refractivity contribution is 7.80. The zero-order chi connectivity index (χ0) is 17.4. The first kappa shape index (κ1) is 17.9. The molecule has 1 N–H and O–H groups in total. The van der Waals surface area contributed by atoms with Crippen molar-refractivity contribution in [3.8, 4) is 0 Å². The molecule has 0 bridgehead atoms. The van der Waals surface area contributed by atoms with Gasteiger partial charge in [0.15, 0.2) is 5.11 Å². The standard InChI is InChI=1S/C19H24N4S/c1-4-11-21-19(24)23(15-17-6-5-12-20-13-17)14-16-7-9-18(10-8-16)22(2)3/h4-10,12-13H,1,11,14-15H2,2-3H3,(H,21,24). The van der Waals surface area contributed by atoms with E-state index in [4.69, 9.17) is 12.2 Å². The normalized spacial score (nSPS) is 10.1. The Labute approximate surface area is 149 Å². The molecule has 1 heterocycles. The minimum absolute atomic E-state index is 0.655. The average molecular weight is 340 g/mol. The summed E-state index contributed by atoms with van der Waals surface area (Å²) in [5.41, 5.74) is 3.53. The number of rotatable bonds is 7. The molecule has 0 unspecified atom stereocenters. The fourth-order valence-corrected chi connectivity index (χ4v) is 2.52. The Morgan fingerprint density at radius 3 is 2.46 bits per heavy atom. The van der Waals surface area contributed by atoms with Gasteiger partial charge in [-0.3, -0.25) is 4.98 Å². The van der Waals surface area contributed by atoms with Gasteiger partial charge in [0.25, 0.3) is 0 Å². The van der Waals surface area contributed by atoms with Crippen LogP contribution < -0.4 is 10.2 Å². The highest BCUT2D eigenvalue weighted by Gasteiger charge is 2.11. The summed E-state index contributed by atoms with van der Waals surface area (Å²) in [4.78, 5) is 8.42. The molecular weight excluding hydrogens is 316 g/mol. The number of hydrogen-bond donors (Lipinski definition) is 1. The van der Waals surface area contributed by atoms with Crippen LogP contribution in [0.2, 0.25) is 0 Å². The molecule has 0 saturated carbocycles. The first-order valence-corrected chi connectivity index (χ1v) is 8.30. The topological polar surface area (TPSA) is 31.4 Å². The molecule has 0 aliphatic carbocycles. The highest BCUT2D eigenvalue weighted by atomic mass is 32.1. The SMILES string of the molecule is C=CCNC(=S)N(Cc1ccc(N(C)C)cc1)Cc1cccnc1. The maximum absolute atomic E-state index is 5.54. The fourth-order valence-electron chi connectivity index (χ4n) is 2.30. The van der Waals surface area contributed by atoms with Crippen LogP contribution in [0.25, 0.3) is 0 Å². The lowest BCUT2D eigenvalue weighted by atomic mass is 10.1. The molecule has 4 nitrogen and oxygen atoms in total. The fraction of sp³-hybridized carbons (Fsp3) is 0.263. The monoisotopic (exact) mass is 340 g/mol. The summed E-state index contributed by atoms with van der Waals surface area (Å²) in [5.74, 6) is 0. The maximum Gasteiger partial charge on any atom is 0.169 e. The summed E-state index contributed by atoms with van der Waals surface area (Å²) in [5, 5.41) is 3.93. The maximum atomic E-state index is 5.54. The van der Waals surface area contributed by atoms with Gasteiger partial charge in [0.2, 0.25) is 0 Å². The third-order valence-electron chi connectivity index (χ3n) is 3.61. The number of anilines is 1. The van der Waals surface area contributed by atoms with E-state index in [9.17, 15) is 0 Å². The van der Waals surface area contributed by atoms with Crippen molar-refractivity contribution in [1.82, 2.24) is 15.2 Å². The van der Waals surface area contributed by atoms with Gasteiger partial charge < -0.3 is 15.1 Å². The van der Waals surface area contributed by atoms with Crippen molar-refractivity contribution in [1.29, 1.82) is 0 Å². The Morgan fingerprint density at radius 2 is 1.88 bits per heavy atom. The molecule has 0 aliphatic heterocycles. The zero-order valence-electron chi connectivity index (χ0n) is 14.3. The quantitative estimate of drug-likeness (QED) is 0.618. The second kappa shape index (κ2) is 9.03. The Hall–Kier alpha value is -2.40. The second-order valence-electron chi connectivity index (χ2n) is 5.75. The van der Waals surface area contributed by atoms with Crippen LogP contribution in [0.4, 0.5) is 5.69 Å². The van der Waals surface area contributed by atoms with Gasteiger partial charge in [0.05, 0.1) is 0 Å². The number of benzene rings is 1. The van der Waals surface area contributed by atoms with Crippen molar-refractivity contribution < 1.29 is 0 Å². The van der Waals surface area contributed by atoms with Crippen molar-refractivity contribution in [3.05, 3.63) is 72.6 Å². The van der Waals surface area contributed by atoms with Gasteiger partial charge in [0.1, 0.15) is 0 Å². The van der Waals surface area contributed by atoms with E-state index in [-0.39, 0.29) is 0 Å². The van der Waals surface area contributed by atoms with E-state index in [1.807, 2.05) is 26.4 Å². The van der Waals surface area contributed by atoms with Gasteiger partial charge in [0, 0.05) is 51.8 Å². The summed E-state index contributed by atoms with van der Waals surface area (Å²) in [7, 11) is 4.08. The summed E-state index contributed by atoms with van der Waals surface area (Å²) in [6.45, 7) is 5.84. The minimum Gasteiger partial charge on any atom is -0.378 e. The number of thiocarbonyl (C=S) groups is 1. The number of hydrogen-bond acceptors (Lipinski definition) is 3. The molecule has 0 radical (unpaired) electrons. The molecular formula is C19H24N4S. The van der Waals surface area contributed by atoms with Crippen LogP contribution in [0.1, 0.15) is 11.1 Å². The molecule has 0 spiro atoms. The lowest BCUT2D eigenvalue weighted by Crippen LogP contribution is -2.38. The van der Waals surface area contributed by atoms with Crippen LogP contribution in [0.5, 0.6) is 0 Å². The van der Waals surface area contributed by atoms with E-state index in [1.54, 1.807) is 12.3 Å². The van der Waals surface area contributed by atoms with E-state index < -0.39 is 0 Å². The molecule has 5 heteroatoms.